The summed E-state index contributed by atoms with van der Waals surface area (Å²) in [5.74, 6) is 1.29. The fourth-order valence-electron chi connectivity index (χ4n) is 3.23. The van der Waals surface area contributed by atoms with Crippen molar-refractivity contribution in [3.05, 3.63) is 54.1 Å². The molecule has 0 unspecified atom stereocenters. The van der Waals surface area contributed by atoms with E-state index >= 15 is 0 Å². The van der Waals surface area contributed by atoms with Crippen molar-refractivity contribution in [1.82, 2.24) is 0 Å². The van der Waals surface area contributed by atoms with Crippen molar-refractivity contribution < 1.29 is 19.1 Å². The molecule has 1 N–H and O–H groups in total. The van der Waals surface area contributed by atoms with Crippen molar-refractivity contribution >= 4 is 29.3 Å². The van der Waals surface area contributed by atoms with Gasteiger partial charge in [-0.15, -0.1) is 0 Å². The second kappa shape index (κ2) is 10.5. The molecule has 158 valence electrons. The second-order valence-corrected chi connectivity index (χ2v) is 7.01. The number of benzene rings is 2. The van der Waals surface area contributed by atoms with Crippen LogP contribution in [0, 0.1) is 0 Å². The topological polar surface area (TPSA) is 67.9 Å². The maximum absolute atomic E-state index is 12.3. The van der Waals surface area contributed by atoms with Crippen LogP contribution < -0.4 is 19.7 Å². The normalized spacial score (nSPS) is 13.7. The first-order chi connectivity index (χ1) is 14.6. The maximum Gasteiger partial charge on any atom is 0.248 e. The summed E-state index contributed by atoms with van der Waals surface area (Å²) in [7, 11) is 0. The van der Waals surface area contributed by atoms with Crippen LogP contribution >= 0.6 is 0 Å². The average Bonchev–Trinajstić information content (AvgIpc) is 3.18. The summed E-state index contributed by atoms with van der Waals surface area (Å²) >= 11 is 0. The summed E-state index contributed by atoms with van der Waals surface area (Å²) < 4.78 is 11.3. The number of anilines is 2. The zero-order valence-electron chi connectivity index (χ0n) is 17.5. The fraction of sp³-hybridized carbons (Fsp3) is 0.333. The number of carbonyl (C=O) groups is 2. The van der Waals surface area contributed by atoms with Gasteiger partial charge in [-0.05, 0) is 67.8 Å². The molecule has 1 aliphatic heterocycles. The molecule has 6 nitrogen and oxygen atoms in total. The minimum atomic E-state index is -0.232. The van der Waals surface area contributed by atoms with Gasteiger partial charge in [0.15, 0.2) is 11.5 Å². The van der Waals surface area contributed by atoms with Gasteiger partial charge in [0, 0.05) is 30.4 Å². The number of amides is 2. The lowest BCUT2D eigenvalue weighted by Crippen LogP contribution is -2.23. The Morgan fingerprint density at radius 3 is 2.57 bits per heavy atom. The van der Waals surface area contributed by atoms with Crippen molar-refractivity contribution in [2.24, 2.45) is 0 Å². The predicted molar refractivity (Wildman–Crippen MR) is 119 cm³/mol. The molecule has 0 bridgehead atoms. The number of nitrogens with one attached hydrogen (secondary N) is 1. The van der Waals surface area contributed by atoms with E-state index in [9.17, 15) is 9.59 Å². The summed E-state index contributed by atoms with van der Waals surface area (Å²) in [5.41, 5.74) is 2.39. The summed E-state index contributed by atoms with van der Waals surface area (Å²) in [5, 5.41) is 2.84. The summed E-state index contributed by atoms with van der Waals surface area (Å²) in [6.45, 7) is 5.89. The van der Waals surface area contributed by atoms with Crippen LogP contribution in [0.2, 0.25) is 0 Å². The van der Waals surface area contributed by atoms with Gasteiger partial charge in [0.05, 0.1) is 13.2 Å². The van der Waals surface area contributed by atoms with Crippen LogP contribution in [0.25, 0.3) is 6.08 Å². The van der Waals surface area contributed by atoms with Gasteiger partial charge in [0.2, 0.25) is 11.8 Å². The molecule has 0 aliphatic carbocycles. The Kier molecular flexibility index (Phi) is 7.49. The van der Waals surface area contributed by atoms with Crippen LogP contribution in [0.4, 0.5) is 11.4 Å². The standard InChI is InChI=1S/C24H28N2O4/c1-3-16-30-21-13-7-18(17-22(21)29-4-2)8-14-23(27)25-19-9-11-20(12-10-19)26-15-5-6-24(26)28/h7-14,17H,3-6,15-16H2,1-2H3,(H,25,27)/b14-8+. The highest BCUT2D eigenvalue weighted by Gasteiger charge is 2.21. The quantitative estimate of drug-likeness (QED) is 0.613. The number of hydrogen-bond donors (Lipinski definition) is 1. The molecular formula is C24H28N2O4. The molecular weight excluding hydrogens is 380 g/mol. The van der Waals surface area contributed by atoms with Crippen molar-refractivity contribution in [1.29, 1.82) is 0 Å². The van der Waals surface area contributed by atoms with Crippen molar-refractivity contribution in [3.63, 3.8) is 0 Å². The third kappa shape index (κ3) is 5.63. The Hall–Kier alpha value is -3.28. The monoisotopic (exact) mass is 408 g/mol. The maximum atomic E-state index is 12.3. The van der Waals surface area contributed by atoms with Crippen molar-refractivity contribution in [2.75, 3.05) is 30.0 Å². The van der Waals surface area contributed by atoms with Gasteiger partial charge >= 0.3 is 0 Å². The number of nitrogens with zero attached hydrogens (tertiary/aromatic N) is 1. The smallest absolute Gasteiger partial charge is 0.248 e. The first-order valence-electron chi connectivity index (χ1n) is 10.4. The van der Waals surface area contributed by atoms with Crippen LogP contribution in [0.15, 0.2) is 48.5 Å². The van der Waals surface area contributed by atoms with Gasteiger partial charge in [-0.1, -0.05) is 13.0 Å². The van der Waals surface area contributed by atoms with E-state index in [-0.39, 0.29) is 11.8 Å². The highest BCUT2D eigenvalue weighted by atomic mass is 16.5. The van der Waals surface area contributed by atoms with Crippen molar-refractivity contribution in [3.8, 4) is 11.5 Å². The van der Waals surface area contributed by atoms with Crippen LogP contribution in [0.5, 0.6) is 11.5 Å². The molecule has 0 atom stereocenters. The van der Waals surface area contributed by atoms with Gasteiger partial charge in [0.1, 0.15) is 0 Å². The SMILES string of the molecule is CCCOc1ccc(/C=C/C(=O)Nc2ccc(N3CCCC3=O)cc2)cc1OCC. The van der Waals surface area contributed by atoms with Gasteiger partial charge < -0.3 is 19.7 Å². The molecule has 30 heavy (non-hydrogen) atoms. The van der Waals surface area contributed by atoms with Crippen molar-refractivity contribution in [2.45, 2.75) is 33.1 Å². The molecule has 0 aromatic heterocycles. The van der Waals surface area contributed by atoms with Gasteiger partial charge in [-0.3, -0.25) is 9.59 Å². The zero-order chi connectivity index (χ0) is 21.3. The molecule has 6 heteroatoms. The number of hydrogen-bond acceptors (Lipinski definition) is 4. The fourth-order valence-corrected chi connectivity index (χ4v) is 3.23. The molecule has 1 fully saturated rings. The average molecular weight is 408 g/mol. The lowest BCUT2D eigenvalue weighted by Gasteiger charge is -2.15. The molecule has 0 spiro atoms. The minimum Gasteiger partial charge on any atom is -0.490 e. The van der Waals surface area contributed by atoms with Crippen LogP contribution in [-0.4, -0.2) is 31.6 Å². The molecule has 0 radical (unpaired) electrons. The van der Waals surface area contributed by atoms with E-state index in [1.54, 1.807) is 23.1 Å². The Labute approximate surface area is 177 Å². The molecule has 2 aromatic carbocycles. The van der Waals surface area contributed by atoms with E-state index < -0.39 is 0 Å². The molecule has 2 amide bonds. The van der Waals surface area contributed by atoms with Crippen LogP contribution in [-0.2, 0) is 9.59 Å². The van der Waals surface area contributed by atoms with Gasteiger partial charge in [0.25, 0.3) is 0 Å². The predicted octanol–water partition coefficient (Wildman–Crippen LogP) is 4.65. The van der Waals surface area contributed by atoms with E-state index in [2.05, 4.69) is 12.2 Å². The first kappa shape index (κ1) is 21.4. The molecule has 3 rings (SSSR count). The van der Waals surface area contributed by atoms with E-state index in [0.29, 0.717) is 36.8 Å². The van der Waals surface area contributed by atoms with Gasteiger partial charge in [-0.25, -0.2) is 0 Å². The Bertz CT molecular complexity index is 906. The molecule has 0 saturated carbocycles. The summed E-state index contributed by atoms with van der Waals surface area (Å²) in [6.07, 6.45) is 5.62. The van der Waals surface area contributed by atoms with Crippen LogP contribution in [0.1, 0.15) is 38.7 Å². The van der Waals surface area contributed by atoms with E-state index in [1.807, 2.05) is 37.3 Å². The zero-order valence-corrected chi connectivity index (χ0v) is 17.5. The summed E-state index contributed by atoms with van der Waals surface area (Å²) in [6, 6.07) is 12.9. The lowest BCUT2D eigenvalue weighted by molar-refractivity contribution is -0.117. The first-order valence-corrected chi connectivity index (χ1v) is 10.4. The number of rotatable bonds is 9. The lowest BCUT2D eigenvalue weighted by atomic mass is 10.2. The highest BCUT2D eigenvalue weighted by Crippen LogP contribution is 2.29. The highest BCUT2D eigenvalue weighted by molar-refractivity contribution is 6.02. The van der Waals surface area contributed by atoms with Crippen LogP contribution in [0.3, 0.4) is 0 Å². The summed E-state index contributed by atoms with van der Waals surface area (Å²) in [4.78, 5) is 25.9. The molecule has 2 aromatic rings. The molecule has 1 saturated heterocycles. The Balaban J connectivity index is 1.61. The molecule has 1 heterocycles. The Morgan fingerprint density at radius 2 is 1.90 bits per heavy atom. The van der Waals surface area contributed by atoms with E-state index in [1.165, 1.54) is 6.08 Å². The largest absolute Gasteiger partial charge is 0.490 e. The number of ether oxygens (including phenoxy) is 2. The third-order valence-electron chi connectivity index (χ3n) is 4.68. The number of carbonyl (C=O) groups excluding carboxylic acids is 2. The Morgan fingerprint density at radius 1 is 1.10 bits per heavy atom. The second-order valence-electron chi connectivity index (χ2n) is 7.01. The minimum absolute atomic E-state index is 0.146. The van der Waals surface area contributed by atoms with Gasteiger partial charge in [-0.2, -0.15) is 0 Å². The van der Waals surface area contributed by atoms with E-state index in [4.69, 9.17) is 9.47 Å². The third-order valence-corrected chi connectivity index (χ3v) is 4.68. The molecule has 1 aliphatic rings. The van der Waals surface area contributed by atoms with E-state index in [0.717, 1.165) is 30.6 Å².